The Hall–Kier alpha value is -1.07. The van der Waals surface area contributed by atoms with E-state index in [9.17, 15) is 4.79 Å². The predicted octanol–water partition coefficient (Wildman–Crippen LogP) is 3.16. The lowest BCUT2D eigenvalue weighted by Gasteiger charge is -2.16. The maximum Gasteiger partial charge on any atom is 0.219 e. The van der Waals surface area contributed by atoms with Gasteiger partial charge in [0.2, 0.25) is 5.91 Å². The van der Waals surface area contributed by atoms with E-state index in [0.29, 0.717) is 25.5 Å². The molecule has 0 aromatic heterocycles. The molecule has 1 amide bonds. The van der Waals surface area contributed by atoms with Gasteiger partial charge in [0.15, 0.2) is 0 Å². The summed E-state index contributed by atoms with van der Waals surface area (Å²) in [7, 11) is 1.65. The second kappa shape index (κ2) is 9.05. The first kappa shape index (κ1) is 18.0. The van der Waals surface area contributed by atoms with Crippen molar-refractivity contribution in [1.29, 1.82) is 0 Å². The van der Waals surface area contributed by atoms with Gasteiger partial charge in [-0.15, -0.1) is 0 Å². The van der Waals surface area contributed by atoms with Crippen molar-refractivity contribution in [2.24, 2.45) is 0 Å². The second-order valence-corrected chi connectivity index (χ2v) is 6.29. The number of halogens is 1. The summed E-state index contributed by atoms with van der Waals surface area (Å²) < 4.78 is 6.96. The van der Waals surface area contributed by atoms with E-state index in [4.69, 9.17) is 4.74 Å². The first-order valence-electron chi connectivity index (χ1n) is 7.29. The number of carbonyl (C=O) groups is 1. The Bertz CT molecular complexity index is 476. The number of nitrogens with one attached hydrogen (secondary N) is 2. The van der Waals surface area contributed by atoms with Crippen LogP contribution in [0.25, 0.3) is 0 Å². The van der Waals surface area contributed by atoms with Gasteiger partial charge in [-0.25, -0.2) is 0 Å². The standard InChI is InChI=1S/C16H25BrN2O2/c1-11(2)19-10-13-9-14(17)8-12(3)16(13)21-7-5-6-15(20)18-4/h8-9,11,19H,5-7,10H2,1-4H3,(H,18,20). The molecule has 0 heterocycles. The van der Waals surface area contributed by atoms with Gasteiger partial charge in [-0.1, -0.05) is 29.8 Å². The fourth-order valence-electron chi connectivity index (χ4n) is 1.98. The Labute approximate surface area is 135 Å². The van der Waals surface area contributed by atoms with Gasteiger partial charge in [-0.2, -0.15) is 0 Å². The van der Waals surface area contributed by atoms with Gasteiger partial charge in [0.25, 0.3) is 0 Å². The van der Waals surface area contributed by atoms with Crippen LogP contribution in [0.5, 0.6) is 5.75 Å². The van der Waals surface area contributed by atoms with Crippen LogP contribution in [0.15, 0.2) is 16.6 Å². The highest BCUT2D eigenvalue weighted by Crippen LogP contribution is 2.28. The van der Waals surface area contributed by atoms with E-state index in [0.717, 1.165) is 27.9 Å². The number of aryl methyl sites for hydroxylation is 1. The number of hydrogen-bond acceptors (Lipinski definition) is 3. The van der Waals surface area contributed by atoms with Gasteiger partial charge in [0.05, 0.1) is 6.61 Å². The highest BCUT2D eigenvalue weighted by Gasteiger charge is 2.10. The Balaban J connectivity index is 2.68. The smallest absolute Gasteiger partial charge is 0.219 e. The molecule has 0 bridgehead atoms. The zero-order valence-electron chi connectivity index (χ0n) is 13.3. The first-order valence-corrected chi connectivity index (χ1v) is 8.09. The minimum atomic E-state index is 0.0489. The van der Waals surface area contributed by atoms with Gasteiger partial charge in [-0.05, 0) is 31.0 Å². The minimum absolute atomic E-state index is 0.0489. The van der Waals surface area contributed by atoms with Crippen LogP contribution < -0.4 is 15.4 Å². The molecule has 1 aromatic rings. The summed E-state index contributed by atoms with van der Waals surface area (Å²) in [6.45, 7) is 7.59. The van der Waals surface area contributed by atoms with Crippen molar-refractivity contribution in [3.8, 4) is 5.75 Å². The summed E-state index contributed by atoms with van der Waals surface area (Å²) in [5, 5.41) is 6.03. The average molecular weight is 357 g/mol. The maximum absolute atomic E-state index is 11.2. The Kier molecular flexibility index (Phi) is 7.75. The number of ether oxygens (including phenoxy) is 1. The molecule has 0 aliphatic heterocycles. The van der Waals surface area contributed by atoms with Crippen molar-refractivity contribution in [2.75, 3.05) is 13.7 Å². The molecule has 5 heteroatoms. The summed E-state index contributed by atoms with van der Waals surface area (Å²) in [5.41, 5.74) is 2.24. The van der Waals surface area contributed by atoms with E-state index in [1.165, 1.54) is 0 Å². The highest BCUT2D eigenvalue weighted by atomic mass is 79.9. The molecule has 0 saturated heterocycles. The zero-order chi connectivity index (χ0) is 15.8. The molecule has 0 aliphatic rings. The molecule has 4 nitrogen and oxygen atoms in total. The maximum atomic E-state index is 11.2. The van der Waals surface area contributed by atoms with Gasteiger partial charge in [0.1, 0.15) is 5.75 Å². The molecular weight excluding hydrogens is 332 g/mol. The van der Waals surface area contributed by atoms with Crippen LogP contribution in [0.3, 0.4) is 0 Å². The quantitative estimate of drug-likeness (QED) is 0.703. The first-order chi connectivity index (χ1) is 9.93. The van der Waals surface area contributed by atoms with E-state index in [1.807, 2.05) is 13.0 Å². The number of hydrogen-bond donors (Lipinski definition) is 2. The van der Waals surface area contributed by atoms with E-state index in [1.54, 1.807) is 7.05 Å². The molecule has 2 N–H and O–H groups in total. The molecule has 118 valence electrons. The molecule has 0 spiro atoms. The number of benzene rings is 1. The molecule has 0 unspecified atom stereocenters. The normalized spacial score (nSPS) is 10.8. The van der Waals surface area contributed by atoms with Gasteiger partial charge in [0, 0.05) is 36.1 Å². The minimum Gasteiger partial charge on any atom is -0.493 e. The molecule has 21 heavy (non-hydrogen) atoms. The van der Waals surface area contributed by atoms with Crippen LogP contribution in [0.1, 0.15) is 37.8 Å². The molecule has 1 aromatic carbocycles. The van der Waals surface area contributed by atoms with Crippen LogP contribution in [0, 0.1) is 6.92 Å². The highest BCUT2D eigenvalue weighted by molar-refractivity contribution is 9.10. The van der Waals surface area contributed by atoms with Crippen molar-refractivity contribution >= 4 is 21.8 Å². The van der Waals surface area contributed by atoms with E-state index in [2.05, 4.69) is 46.5 Å². The van der Waals surface area contributed by atoms with Gasteiger partial charge < -0.3 is 15.4 Å². The van der Waals surface area contributed by atoms with Crippen molar-refractivity contribution in [1.82, 2.24) is 10.6 Å². The molecule has 0 aliphatic carbocycles. The Morgan fingerprint density at radius 2 is 2.10 bits per heavy atom. The van der Waals surface area contributed by atoms with Crippen molar-refractivity contribution in [2.45, 2.75) is 46.2 Å². The molecule has 0 saturated carbocycles. The third kappa shape index (κ3) is 6.48. The molecule has 0 radical (unpaired) electrons. The van der Waals surface area contributed by atoms with E-state index < -0.39 is 0 Å². The average Bonchev–Trinajstić information content (AvgIpc) is 2.42. The SMILES string of the molecule is CNC(=O)CCCOc1c(C)cc(Br)cc1CNC(C)C. The monoisotopic (exact) mass is 356 g/mol. The molecule has 1 rings (SSSR count). The molecule has 0 fully saturated rings. The lowest BCUT2D eigenvalue weighted by molar-refractivity contribution is -0.120. The predicted molar refractivity (Wildman–Crippen MR) is 89.7 cm³/mol. The van der Waals surface area contributed by atoms with Crippen LogP contribution >= 0.6 is 15.9 Å². The van der Waals surface area contributed by atoms with Crippen LogP contribution in [-0.4, -0.2) is 25.6 Å². The van der Waals surface area contributed by atoms with E-state index >= 15 is 0 Å². The van der Waals surface area contributed by atoms with Crippen LogP contribution in [0.4, 0.5) is 0 Å². The largest absolute Gasteiger partial charge is 0.493 e. The lowest BCUT2D eigenvalue weighted by Crippen LogP contribution is -2.22. The van der Waals surface area contributed by atoms with E-state index in [-0.39, 0.29) is 5.91 Å². The number of carbonyl (C=O) groups excluding carboxylic acids is 1. The van der Waals surface area contributed by atoms with Crippen molar-refractivity contribution in [3.63, 3.8) is 0 Å². The third-order valence-corrected chi connectivity index (χ3v) is 3.55. The molecule has 0 atom stereocenters. The number of amides is 1. The van der Waals surface area contributed by atoms with Gasteiger partial charge in [-0.3, -0.25) is 4.79 Å². The molecular formula is C16H25BrN2O2. The third-order valence-electron chi connectivity index (χ3n) is 3.09. The summed E-state index contributed by atoms with van der Waals surface area (Å²) >= 11 is 3.53. The Morgan fingerprint density at radius 1 is 1.38 bits per heavy atom. The zero-order valence-corrected chi connectivity index (χ0v) is 14.8. The van der Waals surface area contributed by atoms with Crippen LogP contribution in [0.2, 0.25) is 0 Å². The fourth-order valence-corrected chi connectivity index (χ4v) is 2.60. The Morgan fingerprint density at radius 3 is 2.71 bits per heavy atom. The second-order valence-electron chi connectivity index (χ2n) is 5.37. The number of rotatable bonds is 8. The topological polar surface area (TPSA) is 50.4 Å². The summed E-state index contributed by atoms with van der Waals surface area (Å²) in [6.07, 6.45) is 1.21. The summed E-state index contributed by atoms with van der Waals surface area (Å²) in [6, 6.07) is 4.55. The van der Waals surface area contributed by atoms with Crippen molar-refractivity contribution in [3.05, 3.63) is 27.7 Å². The van der Waals surface area contributed by atoms with Crippen LogP contribution in [-0.2, 0) is 11.3 Å². The fraction of sp³-hybridized carbons (Fsp3) is 0.562. The van der Waals surface area contributed by atoms with Gasteiger partial charge >= 0.3 is 0 Å². The van der Waals surface area contributed by atoms with Crippen molar-refractivity contribution < 1.29 is 9.53 Å². The lowest BCUT2D eigenvalue weighted by atomic mass is 10.1. The summed E-state index contributed by atoms with van der Waals surface area (Å²) in [5.74, 6) is 0.969. The summed E-state index contributed by atoms with van der Waals surface area (Å²) in [4.78, 5) is 11.2.